The van der Waals surface area contributed by atoms with Crippen molar-refractivity contribution in [2.75, 3.05) is 0 Å². The maximum Gasteiger partial charge on any atom is 0.342 e. The zero-order chi connectivity index (χ0) is 20.0. The summed E-state index contributed by atoms with van der Waals surface area (Å²) in [5.41, 5.74) is 1.24. The number of halogens is 2. The van der Waals surface area contributed by atoms with E-state index in [0.717, 1.165) is 18.1 Å². The first-order valence-corrected chi connectivity index (χ1v) is 8.84. The Hall–Kier alpha value is -3.21. The van der Waals surface area contributed by atoms with Crippen molar-refractivity contribution in [3.05, 3.63) is 101 Å². The monoisotopic (exact) mass is 382 g/mol. The highest BCUT2D eigenvalue weighted by Crippen LogP contribution is 2.37. The van der Waals surface area contributed by atoms with Gasteiger partial charge in [0.05, 0.1) is 5.56 Å². The third kappa shape index (κ3) is 4.94. The van der Waals surface area contributed by atoms with Crippen LogP contribution in [0.5, 0.6) is 5.75 Å². The number of hydrogen-bond donors (Lipinski definition) is 0. The highest BCUT2D eigenvalue weighted by Gasteiger charge is 2.31. The molecular formula is C23H20F2O3. The molecule has 144 valence electrons. The van der Waals surface area contributed by atoms with E-state index in [0.29, 0.717) is 0 Å². The third-order valence-electron chi connectivity index (χ3n) is 4.15. The number of esters is 1. The fourth-order valence-electron chi connectivity index (χ4n) is 2.73. The summed E-state index contributed by atoms with van der Waals surface area (Å²) < 4.78 is 39.2. The van der Waals surface area contributed by atoms with Gasteiger partial charge in [0.15, 0.2) is 0 Å². The molecule has 3 aromatic rings. The van der Waals surface area contributed by atoms with Gasteiger partial charge in [-0.1, -0.05) is 66.7 Å². The number of alkyl halides is 2. The predicted molar refractivity (Wildman–Crippen MR) is 102 cm³/mol. The van der Waals surface area contributed by atoms with Gasteiger partial charge in [0.2, 0.25) is 0 Å². The van der Waals surface area contributed by atoms with Gasteiger partial charge < -0.3 is 9.47 Å². The molecule has 0 bridgehead atoms. The summed E-state index contributed by atoms with van der Waals surface area (Å²) in [4.78, 5) is 12.6. The number of carbonyl (C=O) groups excluding carboxylic acids is 1. The first kappa shape index (κ1) is 19.5. The Kier molecular flexibility index (Phi) is 6.04. The van der Waals surface area contributed by atoms with E-state index >= 15 is 0 Å². The average Bonchev–Trinajstić information content (AvgIpc) is 2.71. The van der Waals surface area contributed by atoms with Crippen molar-refractivity contribution in [3.63, 3.8) is 0 Å². The van der Waals surface area contributed by atoms with E-state index in [1.54, 1.807) is 0 Å². The minimum Gasteiger partial charge on any atom is -0.487 e. The molecule has 0 saturated carbocycles. The number of carbonyl (C=O) groups is 1. The predicted octanol–water partition coefficient (Wildman–Crippen LogP) is 5.73. The van der Waals surface area contributed by atoms with Crippen molar-refractivity contribution < 1.29 is 23.0 Å². The number of benzene rings is 3. The lowest BCUT2D eigenvalue weighted by molar-refractivity contribution is 0.0139. The molecule has 0 radical (unpaired) electrons. The number of ether oxygens (including phenoxy) is 2. The van der Waals surface area contributed by atoms with Crippen molar-refractivity contribution in [2.24, 2.45) is 0 Å². The standard InChI is InChI=1S/C23H20F2O3/c1-23(24,25)20-14-8-13-19(21(20)27-15-17-9-4-2-5-10-17)22(26)28-16-18-11-6-3-7-12-18/h2-14H,15-16H2,1H3. The number of rotatable bonds is 7. The normalized spacial score (nSPS) is 11.1. The van der Waals surface area contributed by atoms with Crippen LogP contribution in [0, 0.1) is 0 Å². The molecule has 0 unspecified atom stereocenters. The molecule has 0 saturated heterocycles. The minimum atomic E-state index is -3.16. The van der Waals surface area contributed by atoms with Crippen LogP contribution in [0.2, 0.25) is 0 Å². The lowest BCUT2D eigenvalue weighted by atomic mass is 10.0. The highest BCUT2D eigenvalue weighted by molar-refractivity contribution is 5.93. The van der Waals surface area contributed by atoms with Crippen molar-refractivity contribution in [2.45, 2.75) is 26.1 Å². The Balaban J connectivity index is 1.85. The van der Waals surface area contributed by atoms with Crippen molar-refractivity contribution in [1.82, 2.24) is 0 Å². The second kappa shape index (κ2) is 8.65. The quantitative estimate of drug-likeness (QED) is 0.489. The lowest BCUT2D eigenvalue weighted by Crippen LogP contribution is -2.15. The molecule has 0 N–H and O–H groups in total. The van der Waals surface area contributed by atoms with Crippen LogP contribution in [0.4, 0.5) is 8.78 Å². The molecule has 0 fully saturated rings. The molecular weight excluding hydrogens is 362 g/mol. The van der Waals surface area contributed by atoms with Crippen LogP contribution in [-0.2, 0) is 23.9 Å². The van der Waals surface area contributed by atoms with Gasteiger partial charge in [-0.25, -0.2) is 13.6 Å². The second-order valence-electron chi connectivity index (χ2n) is 6.41. The summed E-state index contributed by atoms with van der Waals surface area (Å²) in [6.45, 7) is 0.883. The van der Waals surface area contributed by atoms with Crippen molar-refractivity contribution >= 4 is 5.97 Å². The van der Waals surface area contributed by atoms with Gasteiger partial charge in [0.1, 0.15) is 24.5 Å². The fourth-order valence-corrected chi connectivity index (χ4v) is 2.73. The fraction of sp³-hybridized carbons (Fsp3) is 0.174. The molecule has 0 heterocycles. The molecule has 0 amide bonds. The highest BCUT2D eigenvalue weighted by atomic mass is 19.3. The summed E-state index contributed by atoms with van der Waals surface area (Å²) in [7, 11) is 0. The Labute approximate surface area is 162 Å². The van der Waals surface area contributed by atoms with Crippen LogP contribution < -0.4 is 4.74 Å². The molecule has 0 atom stereocenters. The Morgan fingerprint density at radius 3 is 1.96 bits per heavy atom. The first-order valence-electron chi connectivity index (χ1n) is 8.84. The summed E-state index contributed by atoms with van der Waals surface area (Å²) in [5, 5.41) is 0. The van der Waals surface area contributed by atoms with E-state index in [9.17, 15) is 13.6 Å². The zero-order valence-corrected chi connectivity index (χ0v) is 15.4. The topological polar surface area (TPSA) is 35.5 Å². The molecule has 28 heavy (non-hydrogen) atoms. The van der Waals surface area contributed by atoms with Gasteiger partial charge in [-0.2, -0.15) is 0 Å². The summed E-state index contributed by atoms with van der Waals surface area (Å²) in [6.07, 6.45) is 0. The molecule has 5 heteroatoms. The molecule has 3 rings (SSSR count). The van der Waals surface area contributed by atoms with Crippen molar-refractivity contribution in [3.8, 4) is 5.75 Å². The SMILES string of the molecule is CC(F)(F)c1cccc(C(=O)OCc2ccccc2)c1OCc1ccccc1. The first-order chi connectivity index (χ1) is 13.4. The molecule has 0 aliphatic rings. The van der Waals surface area contributed by atoms with Gasteiger partial charge in [0, 0.05) is 6.92 Å². The van der Waals surface area contributed by atoms with Crippen LogP contribution in [0.3, 0.4) is 0 Å². The van der Waals surface area contributed by atoms with Crippen LogP contribution >= 0.6 is 0 Å². The van der Waals surface area contributed by atoms with Crippen LogP contribution in [0.1, 0.15) is 34.0 Å². The van der Waals surface area contributed by atoms with E-state index in [4.69, 9.17) is 9.47 Å². The molecule has 0 aliphatic carbocycles. The Morgan fingerprint density at radius 1 is 0.821 bits per heavy atom. The van der Waals surface area contributed by atoms with Gasteiger partial charge >= 0.3 is 5.97 Å². The molecule has 0 spiro atoms. The van der Waals surface area contributed by atoms with Gasteiger partial charge in [-0.05, 0) is 23.3 Å². The van der Waals surface area contributed by atoms with E-state index < -0.39 is 11.9 Å². The zero-order valence-electron chi connectivity index (χ0n) is 15.4. The third-order valence-corrected chi connectivity index (χ3v) is 4.15. The van der Waals surface area contributed by atoms with E-state index in [-0.39, 0.29) is 30.1 Å². The maximum absolute atomic E-state index is 14.1. The molecule has 0 aromatic heterocycles. The largest absolute Gasteiger partial charge is 0.487 e. The summed E-state index contributed by atoms with van der Waals surface area (Å²) in [6, 6.07) is 22.4. The summed E-state index contributed by atoms with van der Waals surface area (Å²) in [5.74, 6) is -4.03. The lowest BCUT2D eigenvalue weighted by Gasteiger charge is -2.19. The van der Waals surface area contributed by atoms with Crippen molar-refractivity contribution in [1.29, 1.82) is 0 Å². The minimum absolute atomic E-state index is 0.0223. The van der Waals surface area contributed by atoms with E-state index in [1.807, 2.05) is 60.7 Å². The molecule has 3 aromatic carbocycles. The van der Waals surface area contributed by atoms with Gasteiger partial charge in [-0.15, -0.1) is 0 Å². The molecule has 0 aliphatic heterocycles. The summed E-state index contributed by atoms with van der Waals surface area (Å²) >= 11 is 0. The Morgan fingerprint density at radius 2 is 1.39 bits per heavy atom. The maximum atomic E-state index is 14.1. The number of hydrogen-bond acceptors (Lipinski definition) is 3. The number of para-hydroxylation sites is 1. The smallest absolute Gasteiger partial charge is 0.342 e. The second-order valence-corrected chi connectivity index (χ2v) is 6.41. The van der Waals surface area contributed by atoms with Crippen LogP contribution in [0.25, 0.3) is 0 Å². The van der Waals surface area contributed by atoms with Crippen LogP contribution in [0.15, 0.2) is 78.9 Å². The van der Waals surface area contributed by atoms with Gasteiger partial charge in [-0.3, -0.25) is 0 Å². The van der Waals surface area contributed by atoms with Crippen LogP contribution in [-0.4, -0.2) is 5.97 Å². The Bertz CT molecular complexity index is 920. The molecule has 3 nitrogen and oxygen atoms in total. The van der Waals surface area contributed by atoms with Gasteiger partial charge in [0.25, 0.3) is 5.92 Å². The van der Waals surface area contributed by atoms with E-state index in [2.05, 4.69) is 0 Å². The van der Waals surface area contributed by atoms with E-state index in [1.165, 1.54) is 18.2 Å². The average molecular weight is 382 g/mol.